The van der Waals surface area contributed by atoms with E-state index in [-0.39, 0.29) is 0 Å². The van der Waals surface area contributed by atoms with Crippen molar-refractivity contribution >= 4 is 21.7 Å². The quantitative estimate of drug-likeness (QED) is 0.769. The van der Waals surface area contributed by atoms with E-state index in [1.54, 1.807) is 0 Å². The van der Waals surface area contributed by atoms with Crippen LogP contribution in [0, 0.1) is 12.8 Å². The van der Waals surface area contributed by atoms with Gasteiger partial charge in [-0.3, -0.25) is 0 Å². The molecule has 0 N–H and O–H groups in total. The van der Waals surface area contributed by atoms with Crippen LogP contribution >= 0.6 is 15.9 Å². The lowest BCUT2D eigenvalue weighted by atomic mass is 10.0. The van der Waals surface area contributed by atoms with Gasteiger partial charge in [-0.05, 0) is 43.2 Å². The van der Waals surface area contributed by atoms with Crippen LogP contribution in [0.1, 0.15) is 37.3 Å². The molecule has 2 heterocycles. The van der Waals surface area contributed by atoms with Crippen LogP contribution in [0.15, 0.2) is 12.3 Å². The van der Waals surface area contributed by atoms with E-state index in [1.165, 1.54) is 36.2 Å². The number of rotatable bonds is 2. The standard InChI is InChI=1S/C14H21BrN2/c1-11-4-3-6-17(7-5-11)14-12(2)8-13(9-15)10-16-14/h8,10-11H,3-7,9H2,1-2H3. The zero-order chi connectivity index (χ0) is 12.3. The maximum Gasteiger partial charge on any atom is 0.131 e. The molecule has 1 fully saturated rings. The predicted molar refractivity (Wildman–Crippen MR) is 76.8 cm³/mol. The summed E-state index contributed by atoms with van der Waals surface area (Å²) in [4.78, 5) is 7.09. The van der Waals surface area contributed by atoms with E-state index >= 15 is 0 Å². The van der Waals surface area contributed by atoms with Gasteiger partial charge in [-0.25, -0.2) is 4.98 Å². The SMILES string of the molecule is Cc1cc(CBr)cnc1N1CCCC(C)CC1. The summed E-state index contributed by atoms with van der Waals surface area (Å²) in [6, 6.07) is 2.24. The predicted octanol–water partition coefficient (Wildman–Crippen LogP) is 3.91. The van der Waals surface area contributed by atoms with Crippen molar-refractivity contribution in [3.63, 3.8) is 0 Å². The number of halogens is 1. The summed E-state index contributed by atoms with van der Waals surface area (Å²) < 4.78 is 0. The summed E-state index contributed by atoms with van der Waals surface area (Å²) in [5.74, 6) is 2.05. The second kappa shape index (κ2) is 5.85. The fourth-order valence-electron chi connectivity index (χ4n) is 2.50. The van der Waals surface area contributed by atoms with Crippen molar-refractivity contribution in [3.05, 3.63) is 23.4 Å². The largest absolute Gasteiger partial charge is 0.356 e. The van der Waals surface area contributed by atoms with E-state index in [0.29, 0.717) is 0 Å². The highest BCUT2D eigenvalue weighted by Gasteiger charge is 2.16. The van der Waals surface area contributed by atoms with E-state index in [1.807, 2.05) is 6.20 Å². The average Bonchev–Trinajstić information content (AvgIpc) is 2.54. The van der Waals surface area contributed by atoms with Gasteiger partial charge in [0.05, 0.1) is 0 Å². The second-order valence-corrected chi connectivity index (χ2v) is 5.70. The molecule has 1 atom stereocenters. The number of hydrogen-bond acceptors (Lipinski definition) is 2. The summed E-state index contributed by atoms with van der Waals surface area (Å²) >= 11 is 3.48. The lowest BCUT2D eigenvalue weighted by Crippen LogP contribution is -2.26. The zero-order valence-electron chi connectivity index (χ0n) is 10.7. The first-order chi connectivity index (χ1) is 8.20. The lowest BCUT2D eigenvalue weighted by molar-refractivity contribution is 0.521. The Balaban J connectivity index is 2.15. The minimum atomic E-state index is 0.863. The van der Waals surface area contributed by atoms with Gasteiger partial charge in [0.25, 0.3) is 0 Å². The third-order valence-corrected chi connectivity index (χ3v) is 4.23. The number of anilines is 1. The van der Waals surface area contributed by atoms with Crippen molar-refractivity contribution in [2.24, 2.45) is 5.92 Å². The normalized spacial score (nSPS) is 21.4. The van der Waals surface area contributed by atoms with Crippen LogP contribution in [0.3, 0.4) is 0 Å². The minimum absolute atomic E-state index is 0.863. The van der Waals surface area contributed by atoms with Crippen molar-refractivity contribution in [1.29, 1.82) is 0 Å². The molecule has 3 heteroatoms. The van der Waals surface area contributed by atoms with E-state index < -0.39 is 0 Å². The summed E-state index contributed by atoms with van der Waals surface area (Å²) in [5.41, 5.74) is 2.56. The third-order valence-electron chi connectivity index (χ3n) is 3.58. The molecule has 1 aliphatic rings. The van der Waals surface area contributed by atoms with Gasteiger partial charge < -0.3 is 4.90 Å². The lowest BCUT2D eigenvalue weighted by Gasteiger charge is -2.23. The van der Waals surface area contributed by atoms with E-state index in [2.05, 4.69) is 45.7 Å². The Labute approximate surface area is 113 Å². The number of aromatic nitrogens is 1. The molecule has 1 saturated heterocycles. The van der Waals surface area contributed by atoms with Crippen molar-refractivity contribution < 1.29 is 0 Å². The van der Waals surface area contributed by atoms with Gasteiger partial charge in [0.2, 0.25) is 0 Å². The molecular weight excluding hydrogens is 276 g/mol. The van der Waals surface area contributed by atoms with Gasteiger partial charge in [-0.15, -0.1) is 0 Å². The highest BCUT2D eigenvalue weighted by atomic mass is 79.9. The average molecular weight is 297 g/mol. The molecule has 0 bridgehead atoms. The summed E-state index contributed by atoms with van der Waals surface area (Å²) in [5, 5.41) is 0.887. The highest BCUT2D eigenvalue weighted by molar-refractivity contribution is 9.08. The number of hydrogen-bond donors (Lipinski definition) is 0. The van der Waals surface area contributed by atoms with Crippen molar-refractivity contribution in [1.82, 2.24) is 4.98 Å². The molecular formula is C14H21BrN2. The van der Waals surface area contributed by atoms with Crippen molar-refractivity contribution in [2.45, 2.75) is 38.4 Å². The van der Waals surface area contributed by atoms with Crippen LogP contribution in [0.25, 0.3) is 0 Å². The fourth-order valence-corrected chi connectivity index (χ4v) is 2.81. The molecule has 1 aliphatic heterocycles. The Morgan fingerprint density at radius 1 is 1.41 bits per heavy atom. The topological polar surface area (TPSA) is 16.1 Å². The molecule has 0 radical (unpaired) electrons. The fraction of sp³-hybridized carbons (Fsp3) is 0.643. The highest BCUT2D eigenvalue weighted by Crippen LogP contribution is 2.24. The molecule has 1 unspecified atom stereocenters. The molecule has 0 saturated carbocycles. The van der Waals surface area contributed by atoms with Crippen LogP contribution in [0.5, 0.6) is 0 Å². The molecule has 0 amide bonds. The van der Waals surface area contributed by atoms with Crippen molar-refractivity contribution in [2.75, 3.05) is 18.0 Å². The Kier molecular flexibility index (Phi) is 4.43. The molecule has 94 valence electrons. The van der Waals surface area contributed by atoms with Gasteiger partial charge in [-0.2, -0.15) is 0 Å². The molecule has 0 aromatic carbocycles. The monoisotopic (exact) mass is 296 g/mol. The maximum absolute atomic E-state index is 4.64. The zero-order valence-corrected chi connectivity index (χ0v) is 12.3. The first-order valence-electron chi connectivity index (χ1n) is 6.47. The van der Waals surface area contributed by atoms with E-state index in [9.17, 15) is 0 Å². The molecule has 0 spiro atoms. The smallest absolute Gasteiger partial charge is 0.131 e. The van der Waals surface area contributed by atoms with Gasteiger partial charge in [0.15, 0.2) is 0 Å². The summed E-state index contributed by atoms with van der Waals surface area (Å²) in [6.07, 6.45) is 5.93. The van der Waals surface area contributed by atoms with Crippen LogP contribution < -0.4 is 4.90 Å². The van der Waals surface area contributed by atoms with Crippen LogP contribution in [0.4, 0.5) is 5.82 Å². The van der Waals surface area contributed by atoms with Crippen LogP contribution in [0.2, 0.25) is 0 Å². The minimum Gasteiger partial charge on any atom is -0.356 e. The number of pyridine rings is 1. The Hall–Kier alpha value is -0.570. The van der Waals surface area contributed by atoms with Gasteiger partial charge >= 0.3 is 0 Å². The molecule has 1 aromatic heterocycles. The Morgan fingerprint density at radius 2 is 2.24 bits per heavy atom. The first-order valence-corrected chi connectivity index (χ1v) is 7.59. The second-order valence-electron chi connectivity index (χ2n) is 5.14. The molecule has 1 aromatic rings. The molecule has 2 rings (SSSR count). The van der Waals surface area contributed by atoms with Crippen molar-refractivity contribution in [3.8, 4) is 0 Å². The van der Waals surface area contributed by atoms with Gasteiger partial charge in [-0.1, -0.05) is 28.9 Å². The number of nitrogens with zero attached hydrogens (tertiary/aromatic N) is 2. The summed E-state index contributed by atoms with van der Waals surface area (Å²) in [6.45, 7) is 6.84. The van der Waals surface area contributed by atoms with Gasteiger partial charge in [0.1, 0.15) is 5.82 Å². The Bertz CT molecular complexity index is 378. The number of aryl methyl sites for hydroxylation is 1. The first kappa shape index (κ1) is 12.9. The third kappa shape index (κ3) is 3.21. The molecule has 2 nitrogen and oxygen atoms in total. The molecule has 17 heavy (non-hydrogen) atoms. The van der Waals surface area contributed by atoms with E-state index in [4.69, 9.17) is 0 Å². The maximum atomic E-state index is 4.64. The molecule has 0 aliphatic carbocycles. The van der Waals surface area contributed by atoms with Crippen LogP contribution in [-0.4, -0.2) is 18.1 Å². The van der Waals surface area contributed by atoms with Crippen LogP contribution in [-0.2, 0) is 5.33 Å². The van der Waals surface area contributed by atoms with Gasteiger partial charge in [0, 0.05) is 24.6 Å². The van der Waals surface area contributed by atoms with E-state index in [0.717, 1.165) is 24.3 Å². The number of alkyl halides is 1. The summed E-state index contributed by atoms with van der Waals surface area (Å²) in [7, 11) is 0. The Morgan fingerprint density at radius 3 is 2.94 bits per heavy atom.